The molecule has 150 valence electrons. The summed E-state index contributed by atoms with van der Waals surface area (Å²) < 4.78 is 16.2. The first-order valence-corrected chi connectivity index (χ1v) is 9.28. The topological polar surface area (TPSA) is 73.9 Å². The minimum Gasteiger partial charge on any atom is -0.493 e. The average molecular weight is 385 g/mol. The van der Waals surface area contributed by atoms with Crippen LogP contribution < -0.4 is 14.8 Å². The molecule has 28 heavy (non-hydrogen) atoms. The van der Waals surface area contributed by atoms with Crippen LogP contribution in [0.25, 0.3) is 0 Å². The quantitative estimate of drug-likeness (QED) is 0.633. The van der Waals surface area contributed by atoms with Crippen LogP contribution in [0.1, 0.15) is 36.2 Å². The molecule has 0 saturated carbocycles. The lowest BCUT2D eigenvalue weighted by molar-refractivity contribution is -0.124. The second-order valence-corrected chi connectivity index (χ2v) is 6.75. The Morgan fingerprint density at radius 2 is 1.79 bits per heavy atom. The van der Waals surface area contributed by atoms with Crippen LogP contribution in [0.5, 0.6) is 11.5 Å². The van der Waals surface area contributed by atoms with E-state index in [2.05, 4.69) is 19.2 Å². The zero-order valence-corrected chi connectivity index (χ0v) is 16.6. The van der Waals surface area contributed by atoms with Gasteiger partial charge in [-0.1, -0.05) is 44.2 Å². The molecule has 0 aromatic heterocycles. The van der Waals surface area contributed by atoms with Crippen molar-refractivity contribution in [1.29, 1.82) is 0 Å². The van der Waals surface area contributed by atoms with Gasteiger partial charge in [-0.2, -0.15) is 0 Å². The summed E-state index contributed by atoms with van der Waals surface area (Å²) in [6, 6.07) is 14.5. The van der Waals surface area contributed by atoms with E-state index in [0.717, 1.165) is 12.0 Å². The average Bonchev–Trinajstić information content (AvgIpc) is 2.70. The molecule has 0 fully saturated rings. The molecule has 0 aliphatic heterocycles. The zero-order chi connectivity index (χ0) is 20.4. The molecule has 6 nitrogen and oxygen atoms in total. The van der Waals surface area contributed by atoms with Crippen LogP contribution >= 0.6 is 0 Å². The summed E-state index contributed by atoms with van der Waals surface area (Å²) in [7, 11) is 1.50. The van der Waals surface area contributed by atoms with Gasteiger partial charge in [0.2, 0.25) is 0 Å². The van der Waals surface area contributed by atoms with Gasteiger partial charge in [0.15, 0.2) is 18.1 Å². The summed E-state index contributed by atoms with van der Waals surface area (Å²) in [5, 5.41) is 2.72. The Bertz CT molecular complexity index is 774. The molecule has 1 amide bonds. The van der Waals surface area contributed by atoms with Crippen molar-refractivity contribution >= 4 is 11.9 Å². The van der Waals surface area contributed by atoms with E-state index in [1.165, 1.54) is 7.11 Å². The number of benzene rings is 2. The number of carbonyl (C=O) groups excluding carboxylic acids is 2. The van der Waals surface area contributed by atoms with Gasteiger partial charge < -0.3 is 19.5 Å². The molecular weight excluding hydrogens is 358 g/mol. The van der Waals surface area contributed by atoms with Crippen molar-refractivity contribution in [3.8, 4) is 11.5 Å². The Morgan fingerprint density at radius 1 is 1.04 bits per heavy atom. The molecular formula is C22H27NO5. The number of amides is 1. The van der Waals surface area contributed by atoms with Crippen LogP contribution in [0, 0.1) is 5.92 Å². The normalized spacial score (nSPS) is 10.4. The van der Waals surface area contributed by atoms with Gasteiger partial charge >= 0.3 is 5.97 Å². The maximum Gasteiger partial charge on any atom is 0.338 e. The SMILES string of the molecule is COc1cc(C(=O)OCC(=O)NCCC(C)C)ccc1OCc1ccccc1. The maximum atomic E-state index is 12.2. The summed E-state index contributed by atoms with van der Waals surface area (Å²) >= 11 is 0. The van der Waals surface area contributed by atoms with E-state index >= 15 is 0 Å². The smallest absolute Gasteiger partial charge is 0.338 e. The zero-order valence-electron chi connectivity index (χ0n) is 16.6. The van der Waals surface area contributed by atoms with E-state index in [9.17, 15) is 9.59 Å². The van der Waals surface area contributed by atoms with Gasteiger partial charge in [-0.3, -0.25) is 4.79 Å². The van der Waals surface area contributed by atoms with E-state index < -0.39 is 5.97 Å². The van der Waals surface area contributed by atoms with E-state index in [0.29, 0.717) is 36.1 Å². The summed E-state index contributed by atoms with van der Waals surface area (Å²) in [5.41, 5.74) is 1.32. The summed E-state index contributed by atoms with van der Waals surface area (Å²) in [4.78, 5) is 23.9. The van der Waals surface area contributed by atoms with E-state index in [-0.39, 0.29) is 12.5 Å². The molecule has 0 bridgehead atoms. The Labute approximate surface area is 165 Å². The number of nitrogens with one attached hydrogen (secondary N) is 1. The van der Waals surface area contributed by atoms with Gasteiger partial charge in [-0.05, 0) is 36.1 Å². The van der Waals surface area contributed by atoms with Crippen molar-refractivity contribution in [2.75, 3.05) is 20.3 Å². The number of rotatable bonds is 10. The highest BCUT2D eigenvalue weighted by Crippen LogP contribution is 2.29. The maximum absolute atomic E-state index is 12.2. The molecule has 0 spiro atoms. The highest BCUT2D eigenvalue weighted by Gasteiger charge is 2.14. The van der Waals surface area contributed by atoms with Crippen LogP contribution in [0.3, 0.4) is 0 Å². The van der Waals surface area contributed by atoms with Crippen molar-refractivity contribution in [3.63, 3.8) is 0 Å². The Kier molecular flexibility index (Phi) is 8.34. The van der Waals surface area contributed by atoms with Crippen LogP contribution in [0.2, 0.25) is 0 Å². The van der Waals surface area contributed by atoms with Crippen molar-refractivity contribution in [2.24, 2.45) is 5.92 Å². The highest BCUT2D eigenvalue weighted by atomic mass is 16.5. The second kappa shape index (κ2) is 11.0. The third kappa shape index (κ3) is 6.95. The second-order valence-electron chi connectivity index (χ2n) is 6.75. The lowest BCUT2D eigenvalue weighted by atomic mass is 10.1. The summed E-state index contributed by atoms with van der Waals surface area (Å²) in [5.74, 6) is 0.537. The molecule has 0 heterocycles. The Hall–Kier alpha value is -3.02. The number of ether oxygens (including phenoxy) is 3. The van der Waals surface area contributed by atoms with Gasteiger partial charge in [0.05, 0.1) is 12.7 Å². The predicted octanol–water partition coefficient (Wildman–Crippen LogP) is 3.59. The number of hydrogen-bond donors (Lipinski definition) is 1. The highest BCUT2D eigenvalue weighted by molar-refractivity contribution is 5.92. The van der Waals surface area contributed by atoms with Gasteiger partial charge in [0.1, 0.15) is 6.61 Å². The molecule has 1 N–H and O–H groups in total. The largest absolute Gasteiger partial charge is 0.493 e. The standard InChI is InChI=1S/C22H27NO5/c1-16(2)11-12-23-21(24)15-28-22(25)18-9-10-19(20(13-18)26-3)27-14-17-7-5-4-6-8-17/h4-10,13,16H,11-12,14-15H2,1-3H3,(H,23,24). The molecule has 0 aliphatic rings. The Morgan fingerprint density at radius 3 is 2.46 bits per heavy atom. The minimum atomic E-state index is -0.591. The van der Waals surface area contributed by atoms with Crippen LogP contribution in [0.4, 0.5) is 0 Å². The fourth-order valence-electron chi connectivity index (χ4n) is 2.41. The molecule has 2 aromatic rings. The fraction of sp³-hybridized carbons (Fsp3) is 0.364. The van der Waals surface area contributed by atoms with E-state index in [1.807, 2.05) is 30.3 Å². The van der Waals surface area contributed by atoms with Gasteiger partial charge in [-0.15, -0.1) is 0 Å². The third-order valence-electron chi connectivity index (χ3n) is 4.01. The van der Waals surface area contributed by atoms with Gasteiger partial charge in [0.25, 0.3) is 5.91 Å². The first-order chi connectivity index (χ1) is 13.5. The molecule has 2 aromatic carbocycles. The fourth-order valence-corrected chi connectivity index (χ4v) is 2.41. The van der Waals surface area contributed by atoms with Crippen molar-refractivity contribution in [1.82, 2.24) is 5.32 Å². The molecule has 0 saturated heterocycles. The summed E-state index contributed by atoms with van der Waals surface area (Å²) in [6.07, 6.45) is 0.876. The summed E-state index contributed by atoms with van der Waals surface area (Å²) in [6.45, 7) is 4.79. The first kappa shape index (κ1) is 21.3. The van der Waals surface area contributed by atoms with E-state index in [4.69, 9.17) is 14.2 Å². The molecule has 0 radical (unpaired) electrons. The Balaban J connectivity index is 1.89. The molecule has 2 rings (SSSR count). The number of methoxy groups -OCH3 is 1. The molecule has 0 aliphatic carbocycles. The van der Waals surface area contributed by atoms with Crippen molar-refractivity contribution in [2.45, 2.75) is 26.9 Å². The first-order valence-electron chi connectivity index (χ1n) is 9.28. The van der Waals surface area contributed by atoms with Crippen LogP contribution in [0.15, 0.2) is 48.5 Å². The van der Waals surface area contributed by atoms with Crippen molar-refractivity contribution < 1.29 is 23.8 Å². The monoisotopic (exact) mass is 385 g/mol. The van der Waals surface area contributed by atoms with Crippen LogP contribution in [-0.2, 0) is 16.1 Å². The van der Waals surface area contributed by atoms with Crippen LogP contribution in [-0.4, -0.2) is 32.1 Å². The lowest BCUT2D eigenvalue weighted by Crippen LogP contribution is -2.30. The van der Waals surface area contributed by atoms with Gasteiger partial charge in [0, 0.05) is 6.54 Å². The molecule has 6 heteroatoms. The van der Waals surface area contributed by atoms with Gasteiger partial charge in [-0.25, -0.2) is 4.79 Å². The number of carbonyl (C=O) groups is 2. The third-order valence-corrected chi connectivity index (χ3v) is 4.01. The molecule has 0 unspecified atom stereocenters. The minimum absolute atomic E-state index is 0.291. The van der Waals surface area contributed by atoms with E-state index in [1.54, 1.807) is 18.2 Å². The number of esters is 1. The van der Waals surface area contributed by atoms with Crippen molar-refractivity contribution in [3.05, 3.63) is 59.7 Å². The number of hydrogen-bond acceptors (Lipinski definition) is 5. The molecule has 0 atom stereocenters. The predicted molar refractivity (Wildman–Crippen MR) is 107 cm³/mol. The lowest BCUT2D eigenvalue weighted by Gasteiger charge is -2.12.